The first kappa shape index (κ1) is 21.1. The molecule has 1 saturated heterocycles. The second-order valence-corrected chi connectivity index (χ2v) is 7.71. The largest absolute Gasteiger partial charge is 0.354 e. The van der Waals surface area contributed by atoms with Gasteiger partial charge in [0.2, 0.25) is 5.91 Å². The second kappa shape index (κ2) is 9.74. The third-order valence-corrected chi connectivity index (χ3v) is 5.32. The number of nitrogens with one attached hydrogen (secondary N) is 1. The van der Waals surface area contributed by atoms with Gasteiger partial charge in [-0.05, 0) is 43.0 Å². The van der Waals surface area contributed by atoms with Crippen molar-refractivity contribution in [2.75, 3.05) is 26.2 Å². The Labute approximate surface area is 175 Å². The fraction of sp³-hybridized carbons (Fsp3) is 0.364. The number of carbonyl (C=O) groups is 2. The summed E-state index contributed by atoms with van der Waals surface area (Å²) in [5.74, 6) is -0.584. The number of benzene rings is 2. The number of halogens is 2. The number of urea groups is 1. The number of aryl methyl sites for hydroxylation is 1. The van der Waals surface area contributed by atoms with E-state index in [-0.39, 0.29) is 18.5 Å². The molecular weight excluding hydrogens is 393 g/mol. The van der Waals surface area contributed by atoms with E-state index in [0.717, 1.165) is 18.4 Å². The first-order chi connectivity index (χ1) is 13.9. The average Bonchev–Trinajstić information content (AvgIpc) is 2.68. The van der Waals surface area contributed by atoms with Gasteiger partial charge in [-0.25, -0.2) is 9.18 Å². The van der Waals surface area contributed by atoms with Crippen molar-refractivity contribution in [1.29, 1.82) is 0 Å². The van der Waals surface area contributed by atoms with Crippen LogP contribution in [0.1, 0.15) is 23.1 Å². The molecule has 1 aliphatic rings. The van der Waals surface area contributed by atoms with Gasteiger partial charge in [0.1, 0.15) is 12.4 Å². The fourth-order valence-electron chi connectivity index (χ4n) is 3.32. The Hall–Kier alpha value is -2.60. The van der Waals surface area contributed by atoms with Gasteiger partial charge >= 0.3 is 6.03 Å². The zero-order valence-electron chi connectivity index (χ0n) is 16.5. The summed E-state index contributed by atoms with van der Waals surface area (Å²) < 4.78 is 13.2. The normalized spacial score (nSPS) is 14.2. The van der Waals surface area contributed by atoms with Gasteiger partial charge in [-0.3, -0.25) is 4.79 Å². The molecule has 0 saturated carbocycles. The highest BCUT2D eigenvalue weighted by molar-refractivity contribution is 6.31. The number of rotatable bonds is 7. The van der Waals surface area contributed by atoms with Gasteiger partial charge in [0.05, 0.1) is 0 Å². The van der Waals surface area contributed by atoms with E-state index in [1.807, 2.05) is 31.2 Å². The van der Waals surface area contributed by atoms with Crippen LogP contribution in [0.4, 0.5) is 9.18 Å². The van der Waals surface area contributed by atoms with Crippen LogP contribution in [0.3, 0.4) is 0 Å². The molecule has 0 atom stereocenters. The quantitative estimate of drug-likeness (QED) is 0.745. The smallest absolute Gasteiger partial charge is 0.320 e. The van der Waals surface area contributed by atoms with Crippen molar-refractivity contribution in [2.45, 2.75) is 26.3 Å². The van der Waals surface area contributed by atoms with E-state index in [4.69, 9.17) is 11.6 Å². The lowest BCUT2D eigenvalue weighted by Crippen LogP contribution is -2.52. The van der Waals surface area contributed by atoms with Crippen molar-refractivity contribution in [1.82, 2.24) is 15.1 Å². The zero-order valence-corrected chi connectivity index (χ0v) is 17.2. The third kappa shape index (κ3) is 5.94. The van der Waals surface area contributed by atoms with E-state index in [2.05, 4.69) is 5.32 Å². The fourth-order valence-corrected chi connectivity index (χ4v) is 3.55. The summed E-state index contributed by atoms with van der Waals surface area (Å²) in [5.41, 5.74) is 3.05. The van der Waals surface area contributed by atoms with Crippen LogP contribution < -0.4 is 5.32 Å². The van der Waals surface area contributed by atoms with Gasteiger partial charge < -0.3 is 15.1 Å². The highest BCUT2D eigenvalue weighted by Gasteiger charge is 2.27. The van der Waals surface area contributed by atoms with Crippen molar-refractivity contribution < 1.29 is 14.0 Å². The van der Waals surface area contributed by atoms with E-state index < -0.39 is 5.82 Å². The topological polar surface area (TPSA) is 52.7 Å². The van der Waals surface area contributed by atoms with Crippen molar-refractivity contribution in [2.24, 2.45) is 0 Å². The number of nitrogens with zero attached hydrogens (tertiary/aromatic N) is 2. The number of hydrogen-bond acceptors (Lipinski definition) is 2. The predicted molar refractivity (Wildman–Crippen MR) is 111 cm³/mol. The summed E-state index contributed by atoms with van der Waals surface area (Å²) in [4.78, 5) is 28.2. The van der Waals surface area contributed by atoms with Crippen LogP contribution in [0.5, 0.6) is 0 Å². The molecule has 2 aromatic carbocycles. The maximum atomic E-state index is 13.2. The van der Waals surface area contributed by atoms with Crippen LogP contribution in [0, 0.1) is 12.7 Å². The molecule has 29 heavy (non-hydrogen) atoms. The molecule has 0 radical (unpaired) electrons. The SMILES string of the molecule is Cc1ccc(CCNC(=O)CN2CCCN(Cc3ccc(F)cc3Cl)C2=O)cc1. The summed E-state index contributed by atoms with van der Waals surface area (Å²) in [7, 11) is 0. The molecule has 3 rings (SSSR count). The lowest BCUT2D eigenvalue weighted by atomic mass is 10.1. The highest BCUT2D eigenvalue weighted by atomic mass is 35.5. The number of amides is 3. The summed E-state index contributed by atoms with van der Waals surface area (Å²) in [6.07, 6.45) is 1.51. The Morgan fingerprint density at radius 2 is 1.86 bits per heavy atom. The van der Waals surface area contributed by atoms with Gasteiger partial charge in [0.25, 0.3) is 0 Å². The van der Waals surface area contributed by atoms with Crippen LogP contribution in [0.2, 0.25) is 5.02 Å². The maximum absolute atomic E-state index is 13.2. The molecule has 7 heteroatoms. The molecule has 3 amide bonds. The van der Waals surface area contributed by atoms with Crippen molar-refractivity contribution in [3.05, 3.63) is 70.0 Å². The molecular formula is C22H25ClFN3O2. The molecule has 1 heterocycles. The molecule has 0 bridgehead atoms. The number of hydrogen-bond donors (Lipinski definition) is 1. The molecule has 0 aliphatic carbocycles. The Morgan fingerprint density at radius 1 is 1.14 bits per heavy atom. The predicted octanol–water partition coefficient (Wildman–Crippen LogP) is 3.77. The molecule has 2 aromatic rings. The van der Waals surface area contributed by atoms with Gasteiger partial charge in [0.15, 0.2) is 0 Å². The van der Waals surface area contributed by atoms with Gasteiger partial charge in [0, 0.05) is 31.2 Å². The molecule has 154 valence electrons. The lowest BCUT2D eigenvalue weighted by molar-refractivity contribution is -0.121. The molecule has 1 aliphatic heterocycles. The van der Waals surface area contributed by atoms with Crippen molar-refractivity contribution in [3.8, 4) is 0 Å². The van der Waals surface area contributed by atoms with Gasteiger partial charge in [-0.2, -0.15) is 0 Å². The lowest BCUT2D eigenvalue weighted by Gasteiger charge is -2.35. The average molecular weight is 418 g/mol. The molecule has 0 spiro atoms. The van der Waals surface area contributed by atoms with Crippen molar-refractivity contribution in [3.63, 3.8) is 0 Å². The van der Waals surface area contributed by atoms with Crippen LogP contribution in [-0.4, -0.2) is 47.9 Å². The molecule has 5 nitrogen and oxygen atoms in total. The summed E-state index contributed by atoms with van der Waals surface area (Å²) in [6, 6.07) is 12.1. The van der Waals surface area contributed by atoms with E-state index in [0.29, 0.717) is 36.8 Å². The molecule has 1 fully saturated rings. The maximum Gasteiger partial charge on any atom is 0.320 e. The van der Waals surface area contributed by atoms with E-state index in [1.165, 1.54) is 17.7 Å². The summed E-state index contributed by atoms with van der Waals surface area (Å²) in [5, 5.41) is 3.17. The standard InChI is InChI=1S/C22H25ClFN3O2/c1-16-3-5-17(6-4-16)9-10-25-21(28)15-27-12-2-11-26(22(27)29)14-18-7-8-19(24)13-20(18)23/h3-8,13H,2,9-12,14-15H2,1H3,(H,25,28). The van der Waals surface area contributed by atoms with E-state index in [9.17, 15) is 14.0 Å². The van der Waals surface area contributed by atoms with Crippen LogP contribution >= 0.6 is 11.6 Å². The van der Waals surface area contributed by atoms with Crippen LogP contribution in [0.25, 0.3) is 0 Å². The number of carbonyl (C=O) groups excluding carboxylic acids is 2. The Balaban J connectivity index is 1.49. The van der Waals surface area contributed by atoms with E-state index >= 15 is 0 Å². The van der Waals surface area contributed by atoms with Gasteiger partial charge in [-0.1, -0.05) is 47.5 Å². The Kier molecular flexibility index (Phi) is 7.09. The van der Waals surface area contributed by atoms with Crippen LogP contribution in [0.15, 0.2) is 42.5 Å². The molecule has 1 N–H and O–H groups in total. The Morgan fingerprint density at radius 3 is 2.59 bits per heavy atom. The highest BCUT2D eigenvalue weighted by Crippen LogP contribution is 2.21. The minimum atomic E-state index is -0.410. The zero-order chi connectivity index (χ0) is 20.8. The first-order valence-corrected chi connectivity index (χ1v) is 10.1. The van der Waals surface area contributed by atoms with Gasteiger partial charge in [-0.15, -0.1) is 0 Å². The first-order valence-electron chi connectivity index (χ1n) is 9.72. The third-order valence-electron chi connectivity index (χ3n) is 4.96. The molecule has 0 unspecified atom stereocenters. The summed E-state index contributed by atoms with van der Waals surface area (Å²) >= 11 is 6.08. The minimum Gasteiger partial charge on any atom is -0.354 e. The van der Waals surface area contributed by atoms with Crippen molar-refractivity contribution >= 4 is 23.5 Å². The molecule has 0 aromatic heterocycles. The van der Waals surface area contributed by atoms with E-state index in [1.54, 1.807) is 15.9 Å². The Bertz CT molecular complexity index is 873. The van der Waals surface area contributed by atoms with Crippen LogP contribution in [-0.2, 0) is 17.8 Å². The second-order valence-electron chi connectivity index (χ2n) is 7.30. The monoisotopic (exact) mass is 417 g/mol. The summed E-state index contributed by atoms with van der Waals surface area (Å²) in [6.45, 7) is 4.01. The minimum absolute atomic E-state index is 0.0282.